The molecule has 0 radical (unpaired) electrons. The van der Waals surface area contributed by atoms with Gasteiger partial charge in [0, 0.05) is 6.54 Å². The lowest BCUT2D eigenvalue weighted by Crippen LogP contribution is -2.29. The van der Waals surface area contributed by atoms with Gasteiger partial charge in [0.05, 0.1) is 11.4 Å². The lowest BCUT2D eigenvalue weighted by molar-refractivity contribution is -0.121. The van der Waals surface area contributed by atoms with Gasteiger partial charge in [-0.3, -0.25) is 9.48 Å². The largest absolute Gasteiger partial charge is 0.478 e. The molecular weight excluding hydrogens is 222 g/mol. The highest BCUT2D eigenvalue weighted by Crippen LogP contribution is 2.12. The number of carboxylic acids is 1. The third kappa shape index (κ3) is 3.05. The molecule has 94 valence electrons. The molecule has 0 aliphatic heterocycles. The quantitative estimate of drug-likeness (QED) is 0.793. The van der Waals surface area contributed by atoms with E-state index in [1.54, 1.807) is 13.8 Å². The SMILES string of the molecule is CCCNC(=O)Cn1nc(C)c(C(=O)O)c1C. The van der Waals surface area contributed by atoms with E-state index in [2.05, 4.69) is 10.4 Å². The molecule has 0 aliphatic carbocycles. The molecule has 0 saturated carbocycles. The van der Waals surface area contributed by atoms with Gasteiger partial charge in [0.1, 0.15) is 12.1 Å². The molecule has 2 N–H and O–H groups in total. The van der Waals surface area contributed by atoms with Crippen molar-refractivity contribution in [3.8, 4) is 0 Å². The lowest BCUT2D eigenvalue weighted by atomic mass is 10.2. The highest BCUT2D eigenvalue weighted by atomic mass is 16.4. The average molecular weight is 239 g/mol. The summed E-state index contributed by atoms with van der Waals surface area (Å²) in [4.78, 5) is 22.5. The van der Waals surface area contributed by atoms with Crippen LogP contribution >= 0.6 is 0 Å². The minimum absolute atomic E-state index is 0.0555. The Hall–Kier alpha value is -1.85. The van der Waals surface area contributed by atoms with E-state index in [1.165, 1.54) is 4.68 Å². The number of carbonyl (C=O) groups is 2. The van der Waals surface area contributed by atoms with E-state index in [0.29, 0.717) is 17.9 Å². The van der Waals surface area contributed by atoms with Crippen molar-refractivity contribution in [1.82, 2.24) is 15.1 Å². The van der Waals surface area contributed by atoms with Gasteiger partial charge in [-0.25, -0.2) is 4.79 Å². The van der Waals surface area contributed by atoms with Gasteiger partial charge in [0.25, 0.3) is 0 Å². The van der Waals surface area contributed by atoms with Gasteiger partial charge >= 0.3 is 5.97 Å². The zero-order valence-electron chi connectivity index (χ0n) is 10.3. The molecule has 1 rings (SSSR count). The number of aromatic nitrogens is 2. The number of nitrogens with zero attached hydrogens (tertiary/aromatic N) is 2. The second kappa shape index (κ2) is 5.47. The molecule has 0 unspecified atom stereocenters. The van der Waals surface area contributed by atoms with Crippen LogP contribution in [0.2, 0.25) is 0 Å². The molecule has 1 amide bonds. The Bertz CT molecular complexity index is 437. The number of aromatic carboxylic acids is 1. The van der Waals surface area contributed by atoms with Crippen LogP contribution in [-0.2, 0) is 11.3 Å². The van der Waals surface area contributed by atoms with Crippen molar-refractivity contribution in [2.24, 2.45) is 0 Å². The molecule has 0 saturated heterocycles. The Labute approximate surface area is 99.6 Å². The van der Waals surface area contributed by atoms with Crippen LogP contribution in [0.25, 0.3) is 0 Å². The van der Waals surface area contributed by atoms with E-state index in [4.69, 9.17) is 5.11 Å². The van der Waals surface area contributed by atoms with E-state index in [9.17, 15) is 9.59 Å². The maximum Gasteiger partial charge on any atom is 0.339 e. The van der Waals surface area contributed by atoms with Crippen molar-refractivity contribution in [1.29, 1.82) is 0 Å². The van der Waals surface area contributed by atoms with Crippen LogP contribution in [0, 0.1) is 13.8 Å². The van der Waals surface area contributed by atoms with Gasteiger partial charge < -0.3 is 10.4 Å². The van der Waals surface area contributed by atoms with Crippen molar-refractivity contribution >= 4 is 11.9 Å². The molecule has 1 aromatic rings. The van der Waals surface area contributed by atoms with Crippen LogP contribution in [0.4, 0.5) is 0 Å². The number of hydrogen-bond acceptors (Lipinski definition) is 3. The van der Waals surface area contributed by atoms with Gasteiger partial charge in [0.15, 0.2) is 0 Å². The van der Waals surface area contributed by atoms with Gasteiger partial charge in [-0.15, -0.1) is 0 Å². The Kier molecular flexibility index (Phi) is 4.25. The van der Waals surface area contributed by atoms with Crippen molar-refractivity contribution < 1.29 is 14.7 Å². The summed E-state index contributed by atoms with van der Waals surface area (Å²) >= 11 is 0. The molecule has 0 aromatic carbocycles. The standard InChI is InChI=1S/C11H17N3O3/c1-4-5-12-9(15)6-14-8(3)10(11(16)17)7(2)13-14/h4-6H2,1-3H3,(H,12,15)(H,16,17). The predicted molar refractivity (Wildman–Crippen MR) is 62.0 cm³/mol. The van der Waals surface area contributed by atoms with E-state index in [0.717, 1.165) is 6.42 Å². The summed E-state index contributed by atoms with van der Waals surface area (Å²) in [7, 11) is 0. The third-order valence-electron chi connectivity index (χ3n) is 2.46. The molecule has 17 heavy (non-hydrogen) atoms. The zero-order valence-corrected chi connectivity index (χ0v) is 10.3. The number of rotatable bonds is 5. The molecule has 0 fully saturated rings. The summed E-state index contributed by atoms with van der Waals surface area (Å²) in [5, 5.41) is 15.8. The zero-order chi connectivity index (χ0) is 13.0. The highest BCUT2D eigenvalue weighted by molar-refractivity contribution is 5.90. The number of carbonyl (C=O) groups excluding carboxylic acids is 1. The molecule has 1 aromatic heterocycles. The Morgan fingerprint density at radius 3 is 2.53 bits per heavy atom. The number of nitrogens with one attached hydrogen (secondary N) is 1. The first-order valence-corrected chi connectivity index (χ1v) is 5.51. The van der Waals surface area contributed by atoms with Crippen LogP contribution in [0.1, 0.15) is 35.1 Å². The maximum atomic E-state index is 11.5. The third-order valence-corrected chi connectivity index (χ3v) is 2.46. The second-order valence-electron chi connectivity index (χ2n) is 3.86. The van der Waals surface area contributed by atoms with Gasteiger partial charge in [-0.2, -0.15) is 5.10 Å². The fraction of sp³-hybridized carbons (Fsp3) is 0.545. The van der Waals surface area contributed by atoms with Crippen molar-refractivity contribution in [2.45, 2.75) is 33.7 Å². The van der Waals surface area contributed by atoms with E-state index >= 15 is 0 Å². The molecule has 0 spiro atoms. The average Bonchev–Trinajstić information content (AvgIpc) is 2.51. The molecule has 0 aliphatic rings. The van der Waals surface area contributed by atoms with Crippen LogP contribution in [0.5, 0.6) is 0 Å². The first-order valence-electron chi connectivity index (χ1n) is 5.51. The second-order valence-corrected chi connectivity index (χ2v) is 3.86. The van der Waals surface area contributed by atoms with Crippen LogP contribution in [0.3, 0.4) is 0 Å². The normalized spacial score (nSPS) is 10.3. The fourth-order valence-electron chi connectivity index (χ4n) is 1.62. The van der Waals surface area contributed by atoms with Gasteiger partial charge in [0.2, 0.25) is 5.91 Å². The first kappa shape index (κ1) is 13.2. The molecule has 6 nitrogen and oxygen atoms in total. The summed E-state index contributed by atoms with van der Waals surface area (Å²) in [6.45, 7) is 5.91. The topological polar surface area (TPSA) is 84.2 Å². The Morgan fingerprint density at radius 2 is 2.06 bits per heavy atom. The van der Waals surface area contributed by atoms with Gasteiger partial charge in [-0.1, -0.05) is 6.92 Å². The van der Waals surface area contributed by atoms with Crippen LogP contribution in [0.15, 0.2) is 0 Å². The lowest BCUT2D eigenvalue weighted by Gasteiger charge is -2.05. The summed E-state index contributed by atoms with van der Waals surface area (Å²) in [6.07, 6.45) is 0.864. The molecule has 0 atom stereocenters. The predicted octanol–water partition coefficient (Wildman–Crippen LogP) is 0.724. The number of aryl methyl sites for hydroxylation is 1. The number of hydrogen-bond donors (Lipinski definition) is 2. The summed E-state index contributed by atoms with van der Waals surface area (Å²) in [6, 6.07) is 0. The highest BCUT2D eigenvalue weighted by Gasteiger charge is 2.18. The summed E-state index contributed by atoms with van der Waals surface area (Å²) in [5.41, 5.74) is 1.10. The van der Waals surface area contributed by atoms with Crippen LogP contribution < -0.4 is 5.32 Å². The van der Waals surface area contributed by atoms with E-state index in [1.807, 2.05) is 6.92 Å². The molecular formula is C11H17N3O3. The molecule has 0 bridgehead atoms. The Morgan fingerprint density at radius 1 is 1.41 bits per heavy atom. The number of amides is 1. The van der Waals surface area contributed by atoms with E-state index < -0.39 is 5.97 Å². The smallest absolute Gasteiger partial charge is 0.339 e. The van der Waals surface area contributed by atoms with Crippen LogP contribution in [-0.4, -0.2) is 33.3 Å². The first-order chi connectivity index (χ1) is 7.97. The minimum Gasteiger partial charge on any atom is -0.478 e. The van der Waals surface area contributed by atoms with E-state index in [-0.39, 0.29) is 18.0 Å². The molecule has 1 heterocycles. The van der Waals surface area contributed by atoms with Gasteiger partial charge in [-0.05, 0) is 20.3 Å². The summed E-state index contributed by atoms with van der Waals surface area (Å²) in [5.74, 6) is -1.17. The van der Waals surface area contributed by atoms with Crippen molar-refractivity contribution in [2.75, 3.05) is 6.54 Å². The maximum absolute atomic E-state index is 11.5. The fourth-order valence-corrected chi connectivity index (χ4v) is 1.62. The van der Waals surface area contributed by atoms with Crippen molar-refractivity contribution in [3.05, 3.63) is 17.0 Å². The summed E-state index contributed by atoms with van der Waals surface area (Å²) < 4.78 is 1.42. The van der Waals surface area contributed by atoms with Crippen molar-refractivity contribution in [3.63, 3.8) is 0 Å². The Balaban J connectivity index is 2.83. The number of carboxylic acid groups (broad SMARTS) is 1. The molecule has 6 heteroatoms. The monoisotopic (exact) mass is 239 g/mol. The minimum atomic E-state index is -1.01.